The molecule has 0 unspecified atom stereocenters. The number of rotatable bonds is 4. The third-order valence-corrected chi connectivity index (χ3v) is 4.55. The highest BCUT2D eigenvalue weighted by Gasteiger charge is 2.18. The van der Waals surface area contributed by atoms with E-state index >= 15 is 0 Å². The van der Waals surface area contributed by atoms with E-state index in [0.717, 1.165) is 39.5 Å². The molecular weight excluding hydrogens is 336 g/mol. The van der Waals surface area contributed by atoms with Gasteiger partial charge in [0.1, 0.15) is 17.1 Å². The zero-order chi connectivity index (χ0) is 18.8. The van der Waals surface area contributed by atoms with E-state index in [2.05, 4.69) is 10.2 Å². The number of methoxy groups -OCH3 is 1. The number of hydrogen-bond donors (Lipinski definition) is 0. The molecule has 0 radical (unpaired) electrons. The van der Waals surface area contributed by atoms with Gasteiger partial charge in [-0.15, -0.1) is 10.2 Å². The Morgan fingerprint density at radius 2 is 1.59 bits per heavy atom. The number of hydrogen-bond acceptors (Lipinski definition) is 4. The molecule has 4 aromatic rings. The molecule has 0 saturated heterocycles. The van der Waals surface area contributed by atoms with Crippen LogP contribution in [-0.2, 0) is 0 Å². The molecule has 134 valence electrons. The normalized spacial score (nSPS) is 11.4. The molecule has 2 heterocycles. The number of pyridine rings is 1. The van der Waals surface area contributed by atoms with Gasteiger partial charge in [0.15, 0.2) is 5.82 Å². The second-order valence-corrected chi connectivity index (χ2v) is 6.36. The van der Waals surface area contributed by atoms with E-state index in [1.54, 1.807) is 7.11 Å². The Bertz CT molecular complexity index is 1140. The van der Waals surface area contributed by atoms with Crippen LogP contribution in [0.5, 0.6) is 5.75 Å². The van der Waals surface area contributed by atoms with Crippen LogP contribution < -0.4 is 4.74 Å². The molecule has 2 aromatic heterocycles. The van der Waals surface area contributed by atoms with Gasteiger partial charge in [-0.05, 0) is 49.2 Å². The number of azo groups is 1. The largest absolute Gasteiger partial charge is 0.496 e. The van der Waals surface area contributed by atoms with Gasteiger partial charge in [0.25, 0.3) is 0 Å². The minimum atomic E-state index is 0.682. The maximum absolute atomic E-state index is 5.54. The summed E-state index contributed by atoms with van der Waals surface area (Å²) in [5.41, 5.74) is 5.49. The average Bonchev–Trinajstić information content (AvgIpc) is 3.07. The van der Waals surface area contributed by atoms with Crippen molar-refractivity contribution in [3.05, 3.63) is 78.0 Å². The van der Waals surface area contributed by atoms with Crippen molar-refractivity contribution in [2.75, 3.05) is 7.11 Å². The lowest BCUT2D eigenvalue weighted by Gasteiger charge is -2.06. The van der Waals surface area contributed by atoms with Crippen molar-refractivity contribution in [3.8, 4) is 17.0 Å². The lowest BCUT2D eigenvalue weighted by molar-refractivity contribution is 0.416. The number of nitrogens with zero attached hydrogens (tertiary/aromatic N) is 4. The van der Waals surface area contributed by atoms with E-state index < -0.39 is 0 Å². The first-order valence-corrected chi connectivity index (χ1v) is 8.77. The number of imidazole rings is 1. The van der Waals surface area contributed by atoms with E-state index in [4.69, 9.17) is 9.72 Å². The van der Waals surface area contributed by atoms with Crippen LogP contribution >= 0.6 is 0 Å². The van der Waals surface area contributed by atoms with Crippen molar-refractivity contribution in [1.29, 1.82) is 0 Å². The molecule has 0 aliphatic heterocycles. The zero-order valence-corrected chi connectivity index (χ0v) is 15.5. The number of para-hydroxylation sites is 1. The molecule has 0 bridgehead atoms. The fourth-order valence-corrected chi connectivity index (χ4v) is 3.08. The van der Waals surface area contributed by atoms with Crippen LogP contribution in [0.15, 0.2) is 77.1 Å². The van der Waals surface area contributed by atoms with Gasteiger partial charge in [-0.3, -0.25) is 4.40 Å². The first kappa shape index (κ1) is 17.0. The zero-order valence-electron chi connectivity index (χ0n) is 15.5. The Balaban J connectivity index is 1.95. The van der Waals surface area contributed by atoms with Gasteiger partial charge < -0.3 is 4.74 Å². The fourth-order valence-electron chi connectivity index (χ4n) is 3.08. The molecule has 0 amide bonds. The molecule has 5 nitrogen and oxygen atoms in total. The monoisotopic (exact) mass is 356 g/mol. The van der Waals surface area contributed by atoms with Gasteiger partial charge in [-0.2, -0.15) is 0 Å². The second-order valence-electron chi connectivity index (χ2n) is 6.36. The maximum atomic E-state index is 5.54. The molecular formula is C22H20N4O. The van der Waals surface area contributed by atoms with Crippen LogP contribution in [0, 0.1) is 13.8 Å². The summed E-state index contributed by atoms with van der Waals surface area (Å²) in [5, 5.41) is 9.08. The van der Waals surface area contributed by atoms with Crippen molar-refractivity contribution >= 4 is 17.2 Å². The highest BCUT2D eigenvalue weighted by atomic mass is 16.5. The third kappa shape index (κ3) is 3.08. The molecule has 0 N–H and O–H groups in total. The average molecular weight is 356 g/mol. The van der Waals surface area contributed by atoms with Crippen LogP contribution in [0.3, 0.4) is 0 Å². The summed E-state index contributed by atoms with van der Waals surface area (Å²) in [5.74, 6) is 1.44. The van der Waals surface area contributed by atoms with Crippen molar-refractivity contribution < 1.29 is 4.74 Å². The lowest BCUT2D eigenvalue weighted by Crippen LogP contribution is -1.88. The summed E-state index contributed by atoms with van der Waals surface area (Å²) in [7, 11) is 1.66. The quantitative estimate of drug-likeness (QED) is 0.418. The van der Waals surface area contributed by atoms with Gasteiger partial charge in [0, 0.05) is 11.8 Å². The van der Waals surface area contributed by atoms with Gasteiger partial charge in [-0.1, -0.05) is 36.4 Å². The van der Waals surface area contributed by atoms with Crippen LogP contribution in [0.4, 0.5) is 11.5 Å². The van der Waals surface area contributed by atoms with Crippen LogP contribution in [-0.4, -0.2) is 16.5 Å². The SMILES string of the molecule is COc1ccccc1-c1nc2c(C)cccn2c1N=Nc1ccccc1C. The Kier molecular flexibility index (Phi) is 4.42. The molecule has 0 fully saturated rings. The van der Waals surface area contributed by atoms with Crippen molar-refractivity contribution in [2.45, 2.75) is 13.8 Å². The molecule has 0 saturated carbocycles. The molecule has 0 spiro atoms. The lowest BCUT2D eigenvalue weighted by atomic mass is 10.1. The number of aromatic nitrogens is 2. The summed E-state index contributed by atoms with van der Waals surface area (Å²) >= 11 is 0. The molecule has 4 rings (SSSR count). The summed E-state index contributed by atoms with van der Waals surface area (Å²) in [4.78, 5) is 4.85. The van der Waals surface area contributed by atoms with E-state index in [0.29, 0.717) is 5.82 Å². The Morgan fingerprint density at radius 1 is 0.852 bits per heavy atom. The molecule has 2 aromatic carbocycles. The predicted molar refractivity (Wildman–Crippen MR) is 107 cm³/mol. The molecule has 27 heavy (non-hydrogen) atoms. The number of fused-ring (bicyclic) bond motifs is 1. The van der Waals surface area contributed by atoms with Crippen LogP contribution in [0.1, 0.15) is 11.1 Å². The van der Waals surface area contributed by atoms with E-state index in [-0.39, 0.29) is 0 Å². The highest BCUT2D eigenvalue weighted by molar-refractivity contribution is 5.79. The van der Waals surface area contributed by atoms with Crippen molar-refractivity contribution in [1.82, 2.24) is 9.38 Å². The third-order valence-electron chi connectivity index (χ3n) is 4.55. The maximum Gasteiger partial charge on any atom is 0.187 e. The second kappa shape index (κ2) is 7.03. The van der Waals surface area contributed by atoms with E-state index in [1.165, 1.54) is 0 Å². The minimum absolute atomic E-state index is 0.682. The molecule has 0 aliphatic carbocycles. The molecule has 0 aliphatic rings. The van der Waals surface area contributed by atoms with Crippen molar-refractivity contribution in [3.63, 3.8) is 0 Å². The van der Waals surface area contributed by atoms with Crippen molar-refractivity contribution in [2.24, 2.45) is 10.2 Å². The minimum Gasteiger partial charge on any atom is -0.496 e. The fraction of sp³-hybridized carbons (Fsp3) is 0.136. The summed E-state index contributed by atoms with van der Waals surface area (Å²) < 4.78 is 7.51. The van der Waals surface area contributed by atoms with Gasteiger partial charge in [0.05, 0.1) is 12.8 Å². The Morgan fingerprint density at radius 3 is 2.41 bits per heavy atom. The van der Waals surface area contributed by atoms with Crippen LogP contribution in [0.2, 0.25) is 0 Å². The highest BCUT2D eigenvalue weighted by Crippen LogP contribution is 2.37. The molecule has 5 heteroatoms. The summed E-state index contributed by atoms with van der Waals surface area (Å²) in [6, 6.07) is 19.8. The van der Waals surface area contributed by atoms with E-state index in [1.807, 2.05) is 85.1 Å². The molecule has 0 atom stereocenters. The van der Waals surface area contributed by atoms with Gasteiger partial charge in [-0.25, -0.2) is 4.98 Å². The standard InChI is InChI=1S/C22H20N4O/c1-15-9-4-6-12-18(15)24-25-22-20(17-11-5-7-13-19(17)27-3)23-21-16(2)10-8-14-26(21)22/h4-14H,1-3H3. The topological polar surface area (TPSA) is 51.2 Å². The van der Waals surface area contributed by atoms with Gasteiger partial charge in [0.2, 0.25) is 0 Å². The summed E-state index contributed by atoms with van der Waals surface area (Å²) in [6.45, 7) is 4.06. The number of benzene rings is 2. The number of aryl methyl sites for hydroxylation is 2. The predicted octanol–water partition coefficient (Wildman–Crippen LogP) is 6.04. The Hall–Kier alpha value is -3.47. The van der Waals surface area contributed by atoms with Crippen LogP contribution in [0.25, 0.3) is 16.9 Å². The summed E-state index contributed by atoms with van der Waals surface area (Å²) in [6.07, 6.45) is 1.96. The smallest absolute Gasteiger partial charge is 0.187 e. The van der Waals surface area contributed by atoms with E-state index in [9.17, 15) is 0 Å². The number of ether oxygens (including phenoxy) is 1. The first-order chi connectivity index (χ1) is 13.2. The first-order valence-electron chi connectivity index (χ1n) is 8.77. The Labute approximate surface area is 158 Å². The van der Waals surface area contributed by atoms with Gasteiger partial charge >= 0.3 is 0 Å².